The third-order valence-corrected chi connectivity index (χ3v) is 8.70. The maximum absolute atomic E-state index is 11.5. The molecule has 3 aliphatic rings. The van der Waals surface area contributed by atoms with Gasteiger partial charge in [-0.25, -0.2) is 0 Å². The van der Waals surface area contributed by atoms with Gasteiger partial charge in [0, 0.05) is 6.42 Å². The van der Waals surface area contributed by atoms with Gasteiger partial charge in [0.15, 0.2) is 0 Å². The Balaban J connectivity index is 1.77. The summed E-state index contributed by atoms with van der Waals surface area (Å²) in [5.74, 6) is 0.900. The van der Waals surface area contributed by atoms with Crippen molar-refractivity contribution in [2.45, 2.75) is 109 Å². The van der Waals surface area contributed by atoms with Gasteiger partial charge in [-0.3, -0.25) is 0 Å². The molecule has 4 heteroatoms. The van der Waals surface area contributed by atoms with Gasteiger partial charge in [-0.05, 0) is 92.6 Å². The zero-order valence-electron chi connectivity index (χ0n) is 20.0. The second kappa shape index (κ2) is 9.51. The lowest BCUT2D eigenvalue weighted by Crippen LogP contribution is -2.45. The van der Waals surface area contributed by atoms with Crippen molar-refractivity contribution in [1.29, 1.82) is 0 Å². The largest absolute Gasteiger partial charge is 0.393 e. The fourth-order valence-electron chi connectivity index (χ4n) is 6.67. The second-order valence-corrected chi connectivity index (χ2v) is 11.3. The summed E-state index contributed by atoms with van der Waals surface area (Å²) in [6.45, 7) is 12.4. The van der Waals surface area contributed by atoms with Crippen LogP contribution in [0.15, 0.2) is 35.5 Å². The Bertz CT molecular complexity index is 719. The summed E-state index contributed by atoms with van der Waals surface area (Å²) < 4.78 is 0. The van der Waals surface area contributed by atoms with Crippen LogP contribution in [0.2, 0.25) is 0 Å². The van der Waals surface area contributed by atoms with E-state index in [-0.39, 0.29) is 23.4 Å². The van der Waals surface area contributed by atoms with Gasteiger partial charge >= 0.3 is 0 Å². The number of rotatable bonds is 6. The number of fused-ring (bicyclic) bond motifs is 1. The number of hydrogen-bond acceptors (Lipinski definition) is 4. The highest BCUT2D eigenvalue weighted by atomic mass is 16.3. The van der Waals surface area contributed by atoms with E-state index in [9.17, 15) is 20.4 Å². The molecule has 0 saturated heterocycles. The molecule has 0 radical (unpaired) electrons. The van der Waals surface area contributed by atoms with Gasteiger partial charge in [0.1, 0.15) is 0 Å². The van der Waals surface area contributed by atoms with Gasteiger partial charge in [-0.1, -0.05) is 45.1 Å². The van der Waals surface area contributed by atoms with Crippen LogP contribution in [0.1, 0.15) is 85.5 Å². The summed E-state index contributed by atoms with van der Waals surface area (Å²) in [6.07, 6.45) is 10.4. The van der Waals surface area contributed by atoms with Crippen LogP contribution in [0.5, 0.6) is 0 Å². The van der Waals surface area contributed by atoms with Gasteiger partial charge < -0.3 is 20.4 Å². The molecule has 0 aromatic heterocycles. The number of aliphatic hydroxyl groups is 4. The predicted molar refractivity (Wildman–Crippen MR) is 125 cm³/mol. The van der Waals surface area contributed by atoms with Crippen LogP contribution < -0.4 is 0 Å². The maximum Gasteiger partial charge on any atom is 0.0811 e. The van der Waals surface area contributed by atoms with E-state index in [0.717, 1.165) is 43.3 Å². The third kappa shape index (κ3) is 5.19. The van der Waals surface area contributed by atoms with Crippen molar-refractivity contribution in [3.63, 3.8) is 0 Å². The zero-order valence-corrected chi connectivity index (χ0v) is 20.0. The zero-order chi connectivity index (χ0) is 23.0. The molecule has 0 aromatic carbocycles. The van der Waals surface area contributed by atoms with E-state index in [1.165, 1.54) is 5.57 Å². The molecule has 31 heavy (non-hydrogen) atoms. The Kier molecular flexibility index (Phi) is 7.57. The molecule has 0 heterocycles. The fourth-order valence-corrected chi connectivity index (χ4v) is 6.67. The van der Waals surface area contributed by atoms with Crippen molar-refractivity contribution in [1.82, 2.24) is 0 Å². The van der Waals surface area contributed by atoms with Crippen LogP contribution >= 0.6 is 0 Å². The molecule has 0 unspecified atom stereocenters. The Morgan fingerprint density at radius 1 is 1.23 bits per heavy atom. The number of hydrogen-bond donors (Lipinski definition) is 4. The van der Waals surface area contributed by atoms with Crippen molar-refractivity contribution in [3.8, 4) is 0 Å². The topological polar surface area (TPSA) is 80.9 Å². The van der Waals surface area contributed by atoms with Crippen molar-refractivity contribution in [2.75, 3.05) is 0 Å². The minimum Gasteiger partial charge on any atom is -0.393 e. The fraction of sp³-hybridized carbons (Fsp3) is 0.778. The monoisotopic (exact) mass is 432 g/mol. The lowest BCUT2D eigenvalue weighted by atomic mass is 9.59. The van der Waals surface area contributed by atoms with E-state index in [1.807, 2.05) is 20.8 Å². The first kappa shape index (κ1) is 24.7. The van der Waals surface area contributed by atoms with Crippen LogP contribution in [0.3, 0.4) is 0 Å². The molecule has 3 rings (SSSR count). The van der Waals surface area contributed by atoms with Crippen molar-refractivity contribution in [3.05, 3.63) is 35.5 Å². The molecular weight excluding hydrogens is 388 g/mol. The molecule has 4 nitrogen and oxygen atoms in total. The summed E-state index contributed by atoms with van der Waals surface area (Å²) in [5.41, 5.74) is 2.42. The first-order valence-corrected chi connectivity index (χ1v) is 12.3. The highest BCUT2D eigenvalue weighted by molar-refractivity contribution is 5.38. The minimum atomic E-state index is -0.772. The highest BCUT2D eigenvalue weighted by Gasteiger charge is 2.54. The Hall–Kier alpha value is -0.940. The van der Waals surface area contributed by atoms with Crippen molar-refractivity contribution in [2.24, 2.45) is 23.2 Å². The van der Waals surface area contributed by atoms with Gasteiger partial charge in [0.05, 0.1) is 23.9 Å². The molecule has 7 atom stereocenters. The minimum absolute atomic E-state index is 0.0669. The van der Waals surface area contributed by atoms with Gasteiger partial charge in [0.2, 0.25) is 0 Å². The molecular formula is C27H44O4. The second-order valence-electron chi connectivity index (χ2n) is 11.3. The predicted octanol–water partition coefficient (Wildman–Crippen LogP) is 4.68. The van der Waals surface area contributed by atoms with Crippen LogP contribution in [0.4, 0.5) is 0 Å². The van der Waals surface area contributed by atoms with Crippen molar-refractivity contribution < 1.29 is 20.4 Å². The molecule has 0 aromatic rings. The molecule has 0 bridgehead atoms. The van der Waals surface area contributed by atoms with Gasteiger partial charge in [0.25, 0.3) is 0 Å². The lowest BCUT2D eigenvalue weighted by molar-refractivity contribution is -0.0722. The Labute approximate surface area is 188 Å². The smallest absolute Gasteiger partial charge is 0.0811 e. The van der Waals surface area contributed by atoms with Gasteiger partial charge in [-0.15, -0.1) is 0 Å². The van der Waals surface area contributed by atoms with Crippen LogP contribution in [-0.2, 0) is 0 Å². The van der Waals surface area contributed by atoms with E-state index < -0.39 is 17.8 Å². The van der Waals surface area contributed by atoms with E-state index in [1.54, 1.807) is 0 Å². The molecule has 3 saturated carbocycles. The summed E-state index contributed by atoms with van der Waals surface area (Å²) in [4.78, 5) is 0. The molecule has 3 aliphatic carbocycles. The highest BCUT2D eigenvalue weighted by Crippen LogP contribution is 2.60. The molecule has 0 spiro atoms. The molecule has 176 valence electrons. The van der Waals surface area contributed by atoms with Crippen LogP contribution in [0.25, 0.3) is 0 Å². The summed E-state index contributed by atoms with van der Waals surface area (Å²) in [7, 11) is 0. The maximum atomic E-state index is 11.5. The van der Waals surface area contributed by atoms with Crippen LogP contribution in [-0.4, -0.2) is 44.3 Å². The first-order valence-electron chi connectivity index (χ1n) is 12.3. The van der Waals surface area contributed by atoms with E-state index in [0.29, 0.717) is 31.6 Å². The first-order chi connectivity index (χ1) is 14.5. The standard InChI is InChI=1S/C27H44O4/c1-17(2)23(29)12-14-27(5,31)25-11-10-22-19(7-6-13-26(22,25)4)8-9-20-15-21(28)16-24(30)18(20)3/h8-9,17,21-25,28-31H,3,6-7,10-16H2,1-2,4-5H3/b19-8+,20-9-/t21-,22+,23-,24+,25+,26+,27+/m1/s1. The number of aliphatic hydroxyl groups excluding tert-OH is 3. The normalized spacial score (nSPS) is 39.7. The van der Waals surface area contributed by atoms with Crippen LogP contribution in [0, 0.1) is 23.2 Å². The summed E-state index contributed by atoms with van der Waals surface area (Å²) in [6, 6.07) is 0. The molecule has 0 aliphatic heterocycles. The average Bonchev–Trinajstić information content (AvgIpc) is 3.06. The van der Waals surface area contributed by atoms with E-state index in [2.05, 4.69) is 25.7 Å². The third-order valence-electron chi connectivity index (χ3n) is 8.70. The lowest BCUT2D eigenvalue weighted by Gasteiger charge is -2.47. The Morgan fingerprint density at radius 2 is 1.94 bits per heavy atom. The summed E-state index contributed by atoms with van der Waals surface area (Å²) >= 11 is 0. The Morgan fingerprint density at radius 3 is 2.61 bits per heavy atom. The van der Waals surface area contributed by atoms with E-state index in [4.69, 9.17) is 0 Å². The number of allylic oxidation sites excluding steroid dienone is 3. The molecule has 4 N–H and O–H groups in total. The quantitative estimate of drug-likeness (QED) is 0.491. The van der Waals surface area contributed by atoms with E-state index >= 15 is 0 Å². The molecule has 0 amide bonds. The SMILES string of the molecule is C=C1/C(=C\C=C2/CCC[C@@]3(C)[C@H]2CC[C@@H]3[C@@](C)(O)CC[C@@H](O)C(C)C)C[C@@H](O)C[C@@H]1O. The van der Waals surface area contributed by atoms with Crippen molar-refractivity contribution >= 4 is 0 Å². The van der Waals surface area contributed by atoms with Gasteiger partial charge in [-0.2, -0.15) is 0 Å². The summed E-state index contributed by atoms with van der Waals surface area (Å²) in [5, 5.41) is 41.9. The average molecular weight is 433 g/mol. The molecule has 3 fully saturated rings.